The second-order valence-corrected chi connectivity index (χ2v) is 5.86. The van der Waals surface area contributed by atoms with Gasteiger partial charge in [-0.25, -0.2) is 0 Å². The zero-order chi connectivity index (χ0) is 14.0. The van der Waals surface area contributed by atoms with Crippen LogP contribution in [-0.4, -0.2) is 19.1 Å². The number of nitrogens with zero attached hydrogens (tertiary/aromatic N) is 1. The number of hydroxylamine groups is 1. The summed E-state index contributed by atoms with van der Waals surface area (Å²) in [4.78, 5) is 17.0. The van der Waals surface area contributed by atoms with E-state index in [9.17, 15) is 4.79 Å². The quantitative estimate of drug-likeness (QED) is 0.921. The number of benzene rings is 1. The van der Waals surface area contributed by atoms with Gasteiger partial charge in [0.15, 0.2) is 0 Å². The predicted molar refractivity (Wildman–Crippen MR) is 78.3 cm³/mol. The van der Waals surface area contributed by atoms with Crippen molar-refractivity contribution in [2.45, 2.75) is 43.9 Å². The molecule has 4 heteroatoms. The second kappa shape index (κ2) is 5.54. The van der Waals surface area contributed by atoms with Crippen LogP contribution in [0.2, 0.25) is 0 Å². The van der Waals surface area contributed by atoms with Crippen molar-refractivity contribution in [3.63, 3.8) is 0 Å². The molecule has 0 bridgehead atoms. The van der Waals surface area contributed by atoms with E-state index in [-0.39, 0.29) is 11.3 Å². The number of carbonyl (C=O) groups excluding carboxylic acids is 1. The third kappa shape index (κ3) is 2.34. The van der Waals surface area contributed by atoms with Crippen LogP contribution in [-0.2, 0) is 15.0 Å². The van der Waals surface area contributed by atoms with Crippen molar-refractivity contribution in [2.24, 2.45) is 5.73 Å². The molecule has 1 amide bonds. The lowest BCUT2D eigenvalue weighted by Gasteiger charge is -2.37. The SMILES string of the molecule is NCC1(c2ccc(N3OCCC3=O)cc2)CCCCC1. The summed E-state index contributed by atoms with van der Waals surface area (Å²) >= 11 is 0. The highest BCUT2D eigenvalue weighted by Gasteiger charge is 2.32. The number of anilines is 1. The van der Waals surface area contributed by atoms with Gasteiger partial charge in [0.2, 0.25) is 0 Å². The van der Waals surface area contributed by atoms with Gasteiger partial charge in [0.05, 0.1) is 18.7 Å². The first-order chi connectivity index (χ1) is 9.75. The van der Waals surface area contributed by atoms with E-state index in [0.717, 1.165) is 5.69 Å². The predicted octanol–water partition coefficient (Wildman–Crippen LogP) is 2.52. The van der Waals surface area contributed by atoms with Crippen LogP contribution >= 0.6 is 0 Å². The van der Waals surface area contributed by atoms with Gasteiger partial charge >= 0.3 is 0 Å². The minimum Gasteiger partial charge on any atom is -0.330 e. The van der Waals surface area contributed by atoms with Gasteiger partial charge in [0, 0.05) is 12.0 Å². The Kier molecular flexibility index (Phi) is 3.76. The maximum absolute atomic E-state index is 11.7. The van der Waals surface area contributed by atoms with E-state index in [4.69, 9.17) is 10.6 Å². The van der Waals surface area contributed by atoms with E-state index < -0.39 is 0 Å². The Balaban J connectivity index is 1.83. The molecule has 1 saturated carbocycles. The first-order valence-electron chi connectivity index (χ1n) is 7.52. The third-order valence-corrected chi connectivity index (χ3v) is 4.68. The molecule has 1 saturated heterocycles. The van der Waals surface area contributed by atoms with Crippen molar-refractivity contribution >= 4 is 11.6 Å². The fourth-order valence-corrected chi connectivity index (χ4v) is 3.41. The van der Waals surface area contributed by atoms with Crippen molar-refractivity contribution in [2.75, 3.05) is 18.2 Å². The number of amides is 1. The molecule has 0 atom stereocenters. The monoisotopic (exact) mass is 274 g/mol. The molecule has 2 aliphatic rings. The smallest absolute Gasteiger partial charge is 0.253 e. The van der Waals surface area contributed by atoms with Crippen LogP contribution in [0, 0.1) is 0 Å². The molecule has 4 nitrogen and oxygen atoms in total. The minimum atomic E-state index is 0.0314. The number of rotatable bonds is 3. The zero-order valence-electron chi connectivity index (χ0n) is 11.8. The highest BCUT2D eigenvalue weighted by Crippen LogP contribution is 2.39. The van der Waals surface area contributed by atoms with Crippen molar-refractivity contribution < 1.29 is 9.63 Å². The topological polar surface area (TPSA) is 55.6 Å². The summed E-state index contributed by atoms with van der Waals surface area (Å²) in [6.07, 6.45) is 6.63. The van der Waals surface area contributed by atoms with Crippen molar-refractivity contribution in [1.82, 2.24) is 0 Å². The lowest BCUT2D eigenvalue weighted by Crippen LogP contribution is -2.37. The molecule has 0 radical (unpaired) electrons. The molecule has 1 heterocycles. The molecular formula is C16H22N2O2. The van der Waals surface area contributed by atoms with Crippen LogP contribution in [0.1, 0.15) is 44.1 Å². The molecular weight excluding hydrogens is 252 g/mol. The molecule has 0 spiro atoms. The summed E-state index contributed by atoms with van der Waals surface area (Å²) in [6.45, 7) is 1.18. The van der Waals surface area contributed by atoms with E-state index in [1.54, 1.807) is 0 Å². The molecule has 3 rings (SSSR count). The number of carbonyl (C=O) groups is 1. The Morgan fingerprint density at radius 3 is 2.40 bits per heavy atom. The summed E-state index contributed by atoms with van der Waals surface area (Å²) in [5, 5.41) is 1.40. The van der Waals surface area contributed by atoms with Gasteiger partial charge in [-0.15, -0.1) is 0 Å². The van der Waals surface area contributed by atoms with Gasteiger partial charge in [-0.1, -0.05) is 31.4 Å². The molecule has 0 aromatic heterocycles. The Morgan fingerprint density at radius 1 is 1.15 bits per heavy atom. The Morgan fingerprint density at radius 2 is 1.85 bits per heavy atom. The maximum atomic E-state index is 11.7. The highest BCUT2D eigenvalue weighted by molar-refractivity contribution is 5.92. The summed E-state index contributed by atoms with van der Waals surface area (Å²) in [5.41, 5.74) is 8.31. The van der Waals surface area contributed by atoms with Crippen LogP contribution in [0.3, 0.4) is 0 Å². The van der Waals surface area contributed by atoms with Crippen LogP contribution in [0.15, 0.2) is 24.3 Å². The first-order valence-corrected chi connectivity index (χ1v) is 7.52. The van der Waals surface area contributed by atoms with Gasteiger partial charge in [-0.05, 0) is 30.5 Å². The molecule has 108 valence electrons. The second-order valence-electron chi connectivity index (χ2n) is 5.86. The molecule has 2 N–H and O–H groups in total. The summed E-state index contributed by atoms with van der Waals surface area (Å²) in [5.74, 6) is 0.0314. The first kappa shape index (κ1) is 13.6. The summed E-state index contributed by atoms with van der Waals surface area (Å²) in [7, 11) is 0. The highest BCUT2D eigenvalue weighted by atomic mass is 16.7. The molecule has 1 aromatic rings. The number of hydrogen-bond donors (Lipinski definition) is 1. The Labute approximate surface area is 119 Å². The lowest BCUT2D eigenvalue weighted by atomic mass is 9.69. The van der Waals surface area contributed by atoms with Crippen molar-refractivity contribution in [3.05, 3.63) is 29.8 Å². The Hall–Kier alpha value is -1.39. The fourth-order valence-electron chi connectivity index (χ4n) is 3.41. The molecule has 20 heavy (non-hydrogen) atoms. The molecule has 2 fully saturated rings. The third-order valence-electron chi connectivity index (χ3n) is 4.68. The molecule has 1 aromatic carbocycles. The van der Waals surface area contributed by atoms with E-state index in [2.05, 4.69) is 12.1 Å². The van der Waals surface area contributed by atoms with Crippen molar-refractivity contribution in [1.29, 1.82) is 0 Å². The van der Waals surface area contributed by atoms with E-state index in [1.807, 2.05) is 12.1 Å². The normalized spacial score (nSPS) is 22.2. The van der Waals surface area contributed by atoms with Crippen LogP contribution in [0.4, 0.5) is 5.69 Å². The van der Waals surface area contributed by atoms with Crippen LogP contribution < -0.4 is 10.8 Å². The zero-order valence-corrected chi connectivity index (χ0v) is 11.8. The van der Waals surface area contributed by atoms with Gasteiger partial charge < -0.3 is 5.73 Å². The van der Waals surface area contributed by atoms with Gasteiger partial charge in [-0.3, -0.25) is 9.63 Å². The molecule has 0 unspecified atom stereocenters. The maximum Gasteiger partial charge on any atom is 0.253 e. The standard InChI is InChI=1S/C16H22N2O2/c17-12-16(9-2-1-3-10-16)13-4-6-14(7-5-13)18-15(19)8-11-20-18/h4-7H,1-3,8-12,17H2. The average Bonchev–Trinajstić information content (AvgIpc) is 2.94. The van der Waals surface area contributed by atoms with Gasteiger partial charge in [0.1, 0.15) is 0 Å². The van der Waals surface area contributed by atoms with E-state index in [1.165, 1.54) is 42.7 Å². The number of hydrogen-bond acceptors (Lipinski definition) is 3. The van der Waals surface area contributed by atoms with E-state index >= 15 is 0 Å². The van der Waals surface area contributed by atoms with Crippen molar-refractivity contribution in [3.8, 4) is 0 Å². The van der Waals surface area contributed by atoms with Gasteiger partial charge in [-0.2, -0.15) is 5.06 Å². The molecule has 1 aliphatic carbocycles. The largest absolute Gasteiger partial charge is 0.330 e. The summed E-state index contributed by atoms with van der Waals surface area (Å²) in [6, 6.07) is 8.18. The minimum absolute atomic E-state index is 0.0314. The Bertz CT molecular complexity index is 478. The van der Waals surface area contributed by atoms with Crippen LogP contribution in [0.25, 0.3) is 0 Å². The van der Waals surface area contributed by atoms with Crippen LogP contribution in [0.5, 0.6) is 0 Å². The average molecular weight is 274 g/mol. The number of nitrogens with two attached hydrogens (primary N) is 1. The summed E-state index contributed by atoms with van der Waals surface area (Å²) < 4.78 is 0. The van der Waals surface area contributed by atoms with Gasteiger partial charge in [0.25, 0.3) is 5.91 Å². The molecule has 1 aliphatic heterocycles. The lowest BCUT2D eigenvalue weighted by molar-refractivity contribution is -0.119. The van der Waals surface area contributed by atoms with E-state index in [0.29, 0.717) is 19.6 Å². The fraction of sp³-hybridized carbons (Fsp3) is 0.562.